The van der Waals surface area contributed by atoms with E-state index in [4.69, 9.17) is 13.8 Å². The van der Waals surface area contributed by atoms with E-state index in [9.17, 15) is 0 Å². The zero-order valence-corrected chi connectivity index (χ0v) is 27.5. The summed E-state index contributed by atoms with van der Waals surface area (Å²) in [7, 11) is 0. The van der Waals surface area contributed by atoms with E-state index in [-0.39, 0.29) is 0 Å². The van der Waals surface area contributed by atoms with Crippen LogP contribution in [0.4, 0.5) is 17.1 Å². The highest BCUT2D eigenvalue weighted by Gasteiger charge is 2.20. The minimum Gasteiger partial charge on any atom is -0.456 e. The molecule has 0 radical (unpaired) electrons. The lowest BCUT2D eigenvalue weighted by Gasteiger charge is -2.26. The Morgan fingerprint density at radius 3 is 1.98 bits per heavy atom. The molecule has 4 nitrogen and oxygen atoms in total. The van der Waals surface area contributed by atoms with Crippen molar-refractivity contribution in [1.82, 2.24) is 4.98 Å². The van der Waals surface area contributed by atoms with Gasteiger partial charge in [0.2, 0.25) is 5.89 Å². The first kappa shape index (κ1) is 29.0. The smallest absolute Gasteiger partial charge is 0.228 e. The predicted octanol–water partition coefficient (Wildman–Crippen LogP) is 13.4. The summed E-state index contributed by atoms with van der Waals surface area (Å²) in [5.74, 6) is 0.583. The highest BCUT2D eigenvalue weighted by atomic mass is 16.3. The lowest BCUT2D eigenvalue weighted by molar-refractivity contribution is 0.620. The molecule has 10 aromatic rings. The fraction of sp³-hybridized carbons (Fsp3) is 0. The highest BCUT2D eigenvalue weighted by molar-refractivity contribution is 6.12. The molecule has 0 aliphatic carbocycles. The molecule has 0 N–H and O–H groups in total. The molecule has 0 spiro atoms. The van der Waals surface area contributed by atoms with E-state index >= 15 is 0 Å². The summed E-state index contributed by atoms with van der Waals surface area (Å²) in [5, 5.41) is 4.48. The molecule has 0 fully saturated rings. The second-order valence-corrected chi connectivity index (χ2v) is 12.8. The van der Waals surface area contributed by atoms with Crippen LogP contribution in [-0.4, -0.2) is 4.98 Å². The number of furan rings is 1. The SMILES string of the molecule is c1ccc(-c2cccc(N(c3ccc(-c4cccc5ccccc45)cc3)c3ccc4c(c3)oc3cccc(-c5nc6ccccc6o5)c34)c2)cc1. The number of anilines is 3. The van der Waals surface area contributed by atoms with Crippen molar-refractivity contribution in [2.24, 2.45) is 0 Å². The van der Waals surface area contributed by atoms with Gasteiger partial charge in [-0.2, -0.15) is 0 Å². The third-order valence-electron chi connectivity index (χ3n) is 9.70. The second kappa shape index (κ2) is 11.9. The van der Waals surface area contributed by atoms with Crippen LogP contribution in [0, 0.1) is 0 Å². The van der Waals surface area contributed by atoms with Crippen LogP contribution in [0.25, 0.3) is 77.5 Å². The monoisotopic (exact) mass is 654 g/mol. The maximum Gasteiger partial charge on any atom is 0.228 e. The number of nitrogens with zero attached hydrogens (tertiary/aromatic N) is 2. The molecule has 2 heterocycles. The van der Waals surface area contributed by atoms with Crippen LogP contribution in [0.2, 0.25) is 0 Å². The Morgan fingerprint density at radius 2 is 1.08 bits per heavy atom. The van der Waals surface area contributed by atoms with Crippen LogP contribution >= 0.6 is 0 Å². The van der Waals surface area contributed by atoms with Crippen molar-refractivity contribution in [3.63, 3.8) is 0 Å². The Bertz CT molecular complexity index is 2830. The van der Waals surface area contributed by atoms with Gasteiger partial charge in [0.25, 0.3) is 0 Å². The van der Waals surface area contributed by atoms with Crippen LogP contribution < -0.4 is 4.90 Å². The number of fused-ring (bicyclic) bond motifs is 5. The van der Waals surface area contributed by atoms with Gasteiger partial charge in [-0.05, 0) is 93.7 Å². The topological polar surface area (TPSA) is 42.4 Å². The molecule has 2 aromatic heterocycles. The summed E-state index contributed by atoms with van der Waals surface area (Å²) in [6, 6.07) is 63.5. The minimum absolute atomic E-state index is 0.583. The first-order valence-corrected chi connectivity index (χ1v) is 17.1. The highest BCUT2D eigenvalue weighted by Crippen LogP contribution is 2.42. The number of rotatable bonds is 6. The molecule has 4 heteroatoms. The summed E-state index contributed by atoms with van der Waals surface area (Å²) in [6.45, 7) is 0. The molecule has 0 unspecified atom stereocenters. The fourth-order valence-electron chi connectivity index (χ4n) is 7.29. The van der Waals surface area contributed by atoms with Gasteiger partial charge in [-0.3, -0.25) is 0 Å². The molecular weight excluding hydrogens is 625 g/mol. The molecule has 10 rings (SSSR count). The van der Waals surface area contributed by atoms with Gasteiger partial charge in [0, 0.05) is 39.5 Å². The normalized spacial score (nSPS) is 11.5. The number of aromatic nitrogens is 1. The molecule has 240 valence electrons. The predicted molar refractivity (Wildman–Crippen MR) is 210 cm³/mol. The number of hydrogen-bond acceptors (Lipinski definition) is 4. The van der Waals surface area contributed by atoms with Gasteiger partial charge in [0.15, 0.2) is 5.58 Å². The average Bonchev–Trinajstić information content (AvgIpc) is 3.80. The van der Waals surface area contributed by atoms with Crippen molar-refractivity contribution in [2.45, 2.75) is 0 Å². The molecule has 8 aromatic carbocycles. The van der Waals surface area contributed by atoms with Crippen molar-refractivity contribution in [3.8, 4) is 33.7 Å². The van der Waals surface area contributed by atoms with E-state index in [1.165, 1.54) is 27.5 Å². The summed E-state index contributed by atoms with van der Waals surface area (Å²) < 4.78 is 12.8. The van der Waals surface area contributed by atoms with Gasteiger partial charge in [-0.25, -0.2) is 4.98 Å². The van der Waals surface area contributed by atoms with Crippen LogP contribution in [0.15, 0.2) is 191 Å². The quantitative estimate of drug-likeness (QED) is 0.179. The largest absolute Gasteiger partial charge is 0.456 e. The Kier molecular flexibility index (Phi) is 6.78. The number of hydrogen-bond donors (Lipinski definition) is 0. The van der Waals surface area contributed by atoms with Gasteiger partial charge in [-0.1, -0.05) is 115 Å². The molecule has 0 aliphatic rings. The van der Waals surface area contributed by atoms with Gasteiger partial charge in [-0.15, -0.1) is 0 Å². The van der Waals surface area contributed by atoms with Crippen molar-refractivity contribution < 1.29 is 8.83 Å². The number of para-hydroxylation sites is 2. The maximum atomic E-state index is 6.57. The first-order chi connectivity index (χ1) is 25.3. The van der Waals surface area contributed by atoms with Crippen LogP contribution in [0.1, 0.15) is 0 Å². The van der Waals surface area contributed by atoms with Gasteiger partial charge < -0.3 is 13.7 Å². The van der Waals surface area contributed by atoms with E-state index in [0.717, 1.165) is 61.2 Å². The van der Waals surface area contributed by atoms with Gasteiger partial charge in [0.1, 0.15) is 16.7 Å². The van der Waals surface area contributed by atoms with E-state index in [2.05, 4.69) is 150 Å². The number of benzene rings is 8. The molecule has 0 saturated carbocycles. The Balaban J connectivity index is 1.12. The zero-order valence-electron chi connectivity index (χ0n) is 27.5. The van der Waals surface area contributed by atoms with Crippen LogP contribution in [-0.2, 0) is 0 Å². The van der Waals surface area contributed by atoms with Crippen molar-refractivity contribution in [1.29, 1.82) is 0 Å². The third-order valence-corrected chi connectivity index (χ3v) is 9.70. The Morgan fingerprint density at radius 1 is 0.392 bits per heavy atom. The van der Waals surface area contributed by atoms with Crippen LogP contribution in [0.3, 0.4) is 0 Å². The van der Waals surface area contributed by atoms with E-state index in [0.29, 0.717) is 5.89 Å². The Hall–Kier alpha value is -6.91. The van der Waals surface area contributed by atoms with Crippen molar-refractivity contribution in [2.75, 3.05) is 4.90 Å². The fourth-order valence-corrected chi connectivity index (χ4v) is 7.29. The Labute approximate surface area is 294 Å². The van der Waals surface area contributed by atoms with Crippen molar-refractivity contribution in [3.05, 3.63) is 182 Å². The number of oxazole rings is 1. The maximum absolute atomic E-state index is 6.57. The molecular formula is C47H30N2O2. The van der Waals surface area contributed by atoms with Gasteiger partial charge >= 0.3 is 0 Å². The van der Waals surface area contributed by atoms with E-state index in [1.54, 1.807) is 0 Å². The van der Waals surface area contributed by atoms with Gasteiger partial charge in [0.05, 0.1) is 0 Å². The standard InChI is InChI=1S/C47H30N2O2/c1-2-11-31(12-3-1)34-15-8-16-36(29-34)49(35-25-23-33(24-26-35)39-18-9-14-32-13-4-5-17-38(32)39)37-27-28-40-45(30-37)50-44-22-10-19-41(46(40)44)47-48-42-20-6-7-21-43(42)51-47/h1-30H. The molecule has 0 bridgehead atoms. The zero-order chi connectivity index (χ0) is 33.7. The second-order valence-electron chi connectivity index (χ2n) is 12.8. The lowest BCUT2D eigenvalue weighted by Crippen LogP contribution is -2.10. The lowest BCUT2D eigenvalue weighted by atomic mass is 9.98. The van der Waals surface area contributed by atoms with Crippen molar-refractivity contribution >= 4 is 60.9 Å². The minimum atomic E-state index is 0.583. The average molecular weight is 655 g/mol. The molecule has 0 amide bonds. The third kappa shape index (κ3) is 5.04. The first-order valence-electron chi connectivity index (χ1n) is 17.1. The summed E-state index contributed by atoms with van der Waals surface area (Å²) in [6.07, 6.45) is 0. The molecule has 0 atom stereocenters. The summed E-state index contributed by atoms with van der Waals surface area (Å²) in [4.78, 5) is 7.11. The summed E-state index contributed by atoms with van der Waals surface area (Å²) >= 11 is 0. The molecule has 0 saturated heterocycles. The molecule has 0 aliphatic heterocycles. The van der Waals surface area contributed by atoms with E-state index in [1.807, 2.05) is 36.4 Å². The molecule has 51 heavy (non-hydrogen) atoms. The van der Waals surface area contributed by atoms with Crippen LogP contribution in [0.5, 0.6) is 0 Å². The van der Waals surface area contributed by atoms with E-state index < -0.39 is 0 Å². The summed E-state index contributed by atoms with van der Waals surface area (Å²) in [5.41, 5.74) is 11.9.